The van der Waals surface area contributed by atoms with Crippen LogP contribution in [0.1, 0.15) is 40.0 Å². The second-order valence-electron chi connectivity index (χ2n) is 6.10. The van der Waals surface area contributed by atoms with Gasteiger partial charge in [0.1, 0.15) is 12.2 Å². The Balaban J connectivity index is 2.45. The number of hydrogen-bond acceptors (Lipinski definition) is 5. The van der Waals surface area contributed by atoms with Crippen LogP contribution in [0.15, 0.2) is 23.8 Å². The first-order chi connectivity index (χ1) is 10.3. The number of ether oxygens (including phenoxy) is 2. The van der Waals surface area contributed by atoms with Crippen LogP contribution in [0.5, 0.6) is 0 Å². The van der Waals surface area contributed by atoms with E-state index in [1.54, 1.807) is 20.8 Å². The number of aliphatic hydroxyl groups excluding tert-OH is 1. The quantitative estimate of drug-likeness (QED) is 0.600. The maximum absolute atomic E-state index is 11.9. The lowest BCUT2D eigenvalue weighted by Gasteiger charge is -2.22. The molecule has 0 saturated heterocycles. The fourth-order valence-corrected chi connectivity index (χ4v) is 1.83. The van der Waals surface area contributed by atoms with Crippen molar-refractivity contribution in [3.8, 4) is 0 Å². The molecule has 0 aromatic heterocycles. The van der Waals surface area contributed by atoms with E-state index in [1.165, 1.54) is 0 Å². The van der Waals surface area contributed by atoms with Gasteiger partial charge in [0, 0.05) is 0 Å². The summed E-state index contributed by atoms with van der Waals surface area (Å²) < 4.78 is 10.2. The van der Waals surface area contributed by atoms with Crippen molar-refractivity contribution in [3.05, 3.63) is 23.8 Å². The van der Waals surface area contributed by atoms with E-state index in [0.717, 1.165) is 24.8 Å². The highest BCUT2D eigenvalue weighted by Gasteiger charge is 2.25. The van der Waals surface area contributed by atoms with E-state index in [0.29, 0.717) is 0 Å². The van der Waals surface area contributed by atoms with E-state index in [4.69, 9.17) is 9.47 Å². The van der Waals surface area contributed by atoms with Crippen LogP contribution in [-0.2, 0) is 14.3 Å². The van der Waals surface area contributed by atoms with Gasteiger partial charge >= 0.3 is 12.1 Å². The summed E-state index contributed by atoms with van der Waals surface area (Å²) in [6.07, 6.45) is 8.06. The smallest absolute Gasteiger partial charge is 0.408 e. The predicted octanol–water partition coefficient (Wildman–Crippen LogP) is 2.08. The number of allylic oxidation sites excluding steroid dienone is 3. The molecule has 0 heterocycles. The molecular formula is C16H25NO5. The van der Waals surface area contributed by atoms with Gasteiger partial charge in [-0.1, -0.05) is 18.2 Å². The highest BCUT2D eigenvalue weighted by atomic mass is 16.6. The highest BCUT2D eigenvalue weighted by molar-refractivity contribution is 5.81. The zero-order chi connectivity index (χ0) is 16.6. The Morgan fingerprint density at radius 1 is 1.32 bits per heavy atom. The molecule has 2 N–H and O–H groups in total. The predicted molar refractivity (Wildman–Crippen MR) is 82.3 cm³/mol. The highest BCUT2D eigenvalue weighted by Crippen LogP contribution is 2.12. The van der Waals surface area contributed by atoms with Crippen molar-refractivity contribution in [2.45, 2.75) is 51.7 Å². The maximum Gasteiger partial charge on any atom is 0.408 e. The summed E-state index contributed by atoms with van der Waals surface area (Å²) in [5, 5.41) is 11.5. The average molecular weight is 311 g/mol. The van der Waals surface area contributed by atoms with Crippen LogP contribution in [-0.4, -0.2) is 42.0 Å². The Morgan fingerprint density at radius 2 is 2.05 bits per heavy atom. The summed E-state index contributed by atoms with van der Waals surface area (Å²) in [6.45, 7) is 4.76. The van der Waals surface area contributed by atoms with Gasteiger partial charge in [0.2, 0.25) is 0 Å². The lowest BCUT2D eigenvalue weighted by molar-refractivity contribution is -0.146. The Morgan fingerprint density at radius 3 is 2.68 bits per heavy atom. The fraction of sp³-hybridized carbons (Fsp3) is 0.625. The number of amides is 1. The topological polar surface area (TPSA) is 84.9 Å². The lowest BCUT2D eigenvalue weighted by Crippen LogP contribution is -2.46. The molecule has 0 aliphatic heterocycles. The average Bonchev–Trinajstić information content (AvgIpc) is 2.68. The molecule has 0 spiro atoms. The number of esters is 1. The summed E-state index contributed by atoms with van der Waals surface area (Å²) in [7, 11) is 0. The van der Waals surface area contributed by atoms with Gasteiger partial charge in [-0.25, -0.2) is 9.59 Å². The van der Waals surface area contributed by atoms with Crippen LogP contribution in [0.25, 0.3) is 0 Å². The third-order valence-corrected chi connectivity index (χ3v) is 2.87. The minimum absolute atomic E-state index is 0.162. The standard InChI is InChI=1S/C16H25NO5/c1-16(2,3)22-15(20)17-13(10-18)14(19)21-11-12-8-6-4-5-7-9-12/h4,6,9,13,18H,5,7-8,10-11H2,1-3H3,(H,17,20). The normalized spacial score (nSPS) is 16.3. The van der Waals surface area contributed by atoms with Crippen molar-refractivity contribution in [2.75, 3.05) is 13.2 Å². The third-order valence-electron chi connectivity index (χ3n) is 2.87. The van der Waals surface area contributed by atoms with E-state index in [9.17, 15) is 14.7 Å². The Bertz CT molecular complexity index is 448. The van der Waals surface area contributed by atoms with Crippen molar-refractivity contribution in [3.63, 3.8) is 0 Å². The number of carbonyl (C=O) groups is 2. The Hall–Kier alpha value is -1.82. The van der Waals surface area contributed by atoms with Crippen molar-refractivity contribution in [1.29, 1.82) is 0 Å². The molecule has 22 heavy (non-hydrogen) atoms. The minimum Gasteiger partial charge on any atom is -0.460 e. The number of nitrogens with one attached hydrogen (secondary N) is 1. The van der Waals surface area contributed by atoms with E-state index >= 15 is 0 Å². The van der Waals surface area contributed by atoms with Crippen LogP contribution >= 0.6 is 0 Å². The van der Waals surface area contributed by atoms with Gasteiger partial charge in [0.15, 0.2) is 6.04 Å². The van der Waals surface area contributed by atoms with Crippen LogP contribution in [0, 0.1) is 0 Å². The van der Waals surface area contributed by atoms with Crippen molar-refractivity contribution < 1.29 is 24.2 Å². The van der Waals surface area contributed by atoms with Crippen LogP contribution in [0.3, 0.4) is 0 Å². The largest absolute Gasteiger partial charge is 0.460 e. The third kappa shape index (κ3) is 7.26. The van der Waals surface area contributed by atoms with Crippen LogP contribution in [0.4, 0.5) is 4.79 Å². The first-order valence-corrected chi connectivity index (χ1v) is 7.41. The molecule has 0 saturated carbocycles. The summed E-state index contributed by atoms with van der Waals surface area (Å²) in [5.41, 5.74) is 0.335. The molecule has 0 aromatic carbocycles. The maximum atomic E-state index is 11.9. The molecule has 0 radical (unpaired) electrons. The van der Waals surface area contributed by atoms with E-state index in [2.05, 4.69) is 11.4 Å². The number of rotatable bonds is 5. The van der Waals surface area contributed by atoms with Gasteiger partial charge in [-0.05, 0) is 45.6 Å². The molecule has 1 aliphatic carbocycles. The van der Waals surface area contributed by atoms with Gasteiger partial charge < -0.3 is 19.9 Å². The van der Waals surface area contributed by atoms with Gasteiger partial charge in [-0.15, -0.1) is 0 Å². The van der Waals surface area contributed by atoms with E-state index in [1.807, 2.05) is 12.2 Å². The van der Waals surface area contributed by atoms with Gasteiger partial charge in [0.25, 0.3) is 0 Å². The minimum atomic E-state index is -1.13. The second kappa shape index (κ2) is 8.58. The van der Waals surface area contributed by atoms with Crippen LogP contribution < -0.4 is 5.32 Å². The van der Waals surface area contributed by atoms with Crippen molar-refractivity contribution in [2.24, 2.45) is 0 Å². The van der Waals surface area contributed by atoms with Gasteiger partial charge in [-0.3, -0.25) is 0 Å². The van der Waals surface area contributed by atoms with E-state index in [-0.39, 0.29) is 6.61 Å². The summed E-state index contributed by atoms with van der Waals surface area (Å²) in [6, 6.07) is -1.13. The summed E-state index contributed by atoms with van der Waals surface area (Å²) in [4.78, 5) is 23.5. The summed E-state index contributed by atoms with van der Waals surface area (Å²) >= 11 is 0. The monoisotopic (exact) mass is 311 g/mol. The molecule has 6 nitrogen and oxygen atoms in total. The Labute approximate surface area is 131 Å². The lowest BCUT2D eigenvalue weighted by atomic mass is 10.2. The zero-order valence-corrected chi connectivity index (χ0v) is 13.4. The summed E-state index contributed by atoms with van der Waals surface area (Å²) in [5.74, 6) is -0.678. The molecule has 0 bridgehead atoms. The molecular weight excluding hydrogens is 286 g/mol. The first kappa shape index (κ1) is 18.2. The first-order valence-electron chi connectivity index (χ1n) is 7.41. The molecule has 124 valence electrons. The number of carbonyl (C=O) groups excluding carboxylic acids is 2. The van der Waals surface area contributed by atoms with E-state index < -0.39 is 30.3 Å². The molecule has 1 aliphatic rings. The van der Waals surface area contributed by atoms with Gasteiger partial charge in [0.05, 0.1) is 6.61 Å². The van der Waals surface area contributed by atoms with Crippen molar-refractivity contribution >= 4 is 12.1 Å². The second-order valence-corrected chi connectivity index (χ2v) is 6.10. The molecule has 1 rings (SSSR count). The van der Waals surface area contributed by atoms with Crippen LogP contribution in [0.2, 0.25) is 0 Å². The molecule has 1 amide bonds. The number of hydrogen-bond donors (Lipinski definition) is 2. The molecule has 0 aromatic rings. The fourth-order valence-electron chi connectivity index (χ4n) is 1.83. The number of aliphatic hydroxyl groups is 1. The number of alkyl carbamates (subject to hydrolysis) is 1. The van der Waals surface area contributed by atoms with Crippen molar-refractivity contribution in [1.82, 2.24) is 5.32 Å². The SMILES string of the molecule is CC(C)(C)OC(=O)NC(CO)C(=O)OCC1=CCCC=CC1. The Kier molecular flexibility index (Phi) is 7.11. The zero-order valence-electron chi connectivity index (χ0n) is 13.4. The molecule has 0 fully saturated rings. The molecule has 6 heteroatoms. The molecule has 1 unspecified atom stereocenters. The van der Waals surface area contributed by atoms with Gasteiger partial charge in [-0.2, -0.15) is 0 Å². The molecule has 1 atom stereocenters.